The van der Waals surface area contributed by atoms with Crippen LogP contribution in [0.15, 0.2) is 33.9 Å². The van der Waals surface area contributed by atoms with Gasteiger partial charge in [0, 0.05) is 0 Å². The van der Waals surface area contributed by atoms with E-state index in [-0.39, 0.29) is 11.9 Å². The van der Waals surface area contributed by atoms with Gasteiger partial charge >= 0.3 is 0 Å². The molecule has 1 aliphatic carbocycles. The Kier molecular flexibility index (Phi) is 4.18. The molecule has 3 atom stereocenters. The van der Waals surface area contributed by atoms with Crippen molar-refractivity contribution in [2.45, 2.75) is 44.4 Å². The normalized spacial score (nSPS) is 32.2. The van der Waals surface area contributed by atoms with Crippen LogP contribution in [0, 0.1) is 0 Å². The molecule has 0 saturated carbocycles. The van der Waals surface area contributed by atoms with Crippen molar-refractivity contribution < 1.29 is 23.7 Å². The molecule has 1 aromatic carbocycles. The summed E-state index contributed by atoms with van der Waals surface area (Å²) in [7, 11) is 1.60. The third kappa shape index (κ3) is 2.99. The number of methoxy groups -OCH3 is 1. The second-order valence-corrected chi connectivity index (χ2v) is 7.44. The molecule has 0 aromatic heterocycles. The molecule has 2 aliphatic rings. The van der Waals surface area contributed by atoms with Gasteiger partial charge in [0.1, 0.15) is 23.2 Å². The number of ketones is 1. The van der Waals surface area contributed by atoms with E-state index in [1.54, 1.807) is 31.4 Å². The Bertz CT molecular complexity index is 651. The van der Waals surface area contributed by atoms with E-state index in [1.807, 2.05) is 49.4 Å². The van der Waals surface area contributed by atoms with Crippen LogP contribution in [0.1, 0.15) is 20.8 Å². The SMILES string of the molecule is COc1ccc(O[C@@H]2C(=O)C(I)=C[C@H]3OC(C)(C)O[C@@]23C)cc1. The monoisotopic (exact) mass is 430 g/mol. The van der Waals surface area contributed by atoms with Crippen LogP contribution in [0.3, 0.4) is 0 Å². The highest BCUT2D eigenvalue weighted by molar-refractivity contribution is 14.1. The maximum absolute atomic E-state index is 12.7. The van der Waals surface area contributed by atoms with E-state index >= 15 is 0 Å². The number of rotatable bonds is 3. The van der Waals surface area contributed by atoms with Gasteiger partial charge in [-0.1, -0.05) is 0 Å². The number of hydrogen-bond acceptors (Lipinski definition) is 5. The molecule has 0 radical (unpaired) electrons. The summed E-state index contributed by atoms with van der Waals surface area (Å²) in [5.41, 5.74) is -0.866. The number of carbonyl (C=O) groups excluding carboxylic acids is 1. The van der Waals surface area contributed by atoms with Crippen molar-refractivity contribution in [2.75, 3.05) is 7.11 Å². The molecule has 3 rings (SSSR count). The van der Waals surface area contributed by atoms with E-state index < -0.39 is 17.5 Å². The Morgan fingerprint density at radius 2 is 1.74 bits per heavy atom. The third-order valence-electron chi connectivity index (χ3n) is 4.05. The first kappa shape index (κ1) is 16.7. The molecule has 5 nitrogen and oxygen atoms in total. The van der Waals surface area contributed by atoms with E-state index in [9.17, 15) is 4.79 Å². The molecule has 1 saturated heterocycles. The summed E-state index contributed by atoms with van der Waals surface area (Å²) in [6, 6.07) is 7.13. The van der Waals surface area contributed by atoms with Gasteiger partial charge in [-0.15, -0.1) is 0 Å². The van der Waals surface area contributed by atoms with Crippen molar-refractivity contribution in [2.24, 2.45) is 0 Å². The number of ether oxygens (including phenoxy) is 4. The number of halogens is 1. The highest BCUT2D eigenvalue weighted by Gasteiger charge is 2.59. The van der Waals surface area contributed by atoms with Gasteiger partial charge in [-0.25, -0.2) is 0 Å². The van der Waals surface area contributed by atoms with Gasteiger partial charge in [0.05, 0.1) is 10.7 Å². The number of benzene rings is 1. The number of hydrogen-bond donors (Lipinski definition) is 0. The second-order valence-electron chi connectivity index (χ2n) is 6.28. The van der Waals surface area contributed by atoms with Crippen molar-refractivity contribution in [3.63, 3.8) is 0 Å². The zero-order chi connectivity index (χ0) is 16.8. The van der Waals surface area contributed by atoms with Crippen molar-refractivity contribution in [3.8, 4) is 11.5 Å². The Morgan fingerprint density at radius 1 is 1.13 bits per heavy atom. The average molecular weight is 430 g/mol. The summed E-state index contributed by atoms with van der Waals surface area (Å²) < 4.78 is 23.7. The van der Waals surface area contributed by atoms with Crippen LogP contribution in [0.4, 0.5) is 0 Å². The first-order valence-electron chi connectivity index (χ1n) is 7.35. The van der Waals surface area contributed by atoms with Crippen LogP contribution in [0.2, 0.25) is 0 Å². The van der Waals surface area contributed by atoms with E-state index in [1.165, 1.54) is 0 Å². The number of carbonyl (C=O) groups is 1. The molecule has 1 aliphatic heterocycles. The molecule has 0 N–H and O–H groups in total. The minimum Gasteiger partial charge on any atom is -0.497 e. The molecule has 0 bridgehead atoms. The fourth-order valence-corrected chi connectivity index (χ4v) is 3.61. The third-order valence-corrected chi connectivity index (χ3v) is 4.94. The van der Waals surface area contributed by atoms with Gasteiger partial charge in [0.2, 0.25) is 5.78 Å². The molecule has 0 spiro atoms. The molecular weight excluding hydrogens is 411 g/mol. The average Bonchev–Trinajstić information content (AvgIpc) is 2.73. The van der Waals surface area contributed by atoms with Gasteiger partial charge in [0.25, 0.3) is 0 Å². The first-order chi connectivity index (χ1) is 10.7. The predicted octanol–water partition coefficient (Wildman–Crippen LogP) is 3.25. The van der Waals surface area contributed by atoms with E-state index in [0.29, 0.717) is 9.33 Å². The zero-order valence-corrected chi connectivity index (χ0v) is 15.6. The molecule has 0 unspecified atom stereocenters. The van der Waals surface area contributed by atoms with Gasteiger partial charge in [-0.3, -0.25) is 4.79 Å². The van der Waals surface area contributed by atoms with Crippen LogP contribution < -0.4 is 9.47 Å². The van der Waals surface area contributed by atoms with Crippen LogP contribution in [0.25, 0.3) is 0 Å². The van der Waals surface area contributed by atoms with Crippen molar-refractivity contribution in [3.05, 3.63) is 33.9 Å². The van der Waals surface area contributed by atoms with Crippen LogP contribution in [-0.2, 0) is 14.3 Å². The first-order valence-corrected chi connectivity index (χ1v) is 8.43. The topological polar surface area (TPSA) is 54.0 Å². The van der Waals surface area contributed by atoms with Gasteiger partial charge in [0.15, 0.2) is 11.9 Å². The molecule has 1 fully saturated rings. The van der Waals surface area contributed by atoms with E-state index in [4.69, 9.17) is 18.9 Å². The molecule has 1 heterocycles. The Labute approximate surface area is 149 Å². The largest absolute Gasteiger partial charge is 0.497 e. The molecule has 0 amide bonds. The Morgan fingerprint density at radius 3 is 2.35 bits per heavy atom. The van der Waals surface area contributed by atoms with Crippen LogP contribution in [-0.4, -0.2) is 36.5 Å². The fraction of sp³-hybridized carbons (Fsp3) is 0.471. The summed E-state index contributed by atoms with van der Waals surface area (Å²) in [5.74, 6) is 0.455. The lowest BCUT2D eigenvalue weighted by Gasteiger charge is -2.37. The maximum atomic E-state index is 12.7. The minimum absolute atomic E-state index is 0.0959. The molecule has 124 valence electrons. The molecular formula is C17H19IO5. The minimum atomic E-state index is -0.866. The van der Waals surface area contributed by atoms with E-state index in [0.717, 1.165) is 5.75 Å². The summed E-state index contributed by atoms with van der Waals surface area (Å²) in [4.78, 5) is 12.7. The molecule has 23 heavy (non-hydrogen) atoms. The smallest absolute Gasteiger partial charge is 0.212 e. The number of fused-ring (bicyclic) bond motifs is 1. The van der Waals surface area contributed by atoms with Gasteiger partial charge in [-0.05, 0) is 73.7 Å². The molecule has 1 aromatic rings. The summed E-state index contributed by atoms with van der Waals surface area (Å²) >= 11 is 2.02. The summed E-state index contributed by atoms with van der Waals surface area (Å²) in [6.07, 6.45) is 0.718. The number of Topliss-reactive ketones (excluding diaryl/α,β-unsaturated/α-hetero) is 1. The zero-order valence-electron chi connectivity index (χ0n) is 13.5. The second kappa shape index (κ2) is 5.75. The van der Waals surface area contributed by atoms with Crippen molar-refractivity contribution in [1.29, 1.82) is 0 Å². The van der Waals surface area contributed by atoms with E-state index in [2.05, 4.69) is 0 Å². The van der Waals surface area contributed by atoms with Gasteiger partial charge < -0.3 is 18.9 Å². The quantitative estimate of drug-likeness (QED) is 0.690. The Hall–Kier alpha value is -1.12. The standard InChI is InChI=1S/C17H19IO5/c1-16(2)22-13-9-12(18)14(19)15(17(13,3)23-16)21-11-7-5-10(20-4)6-8-11/h5-9,13,15H,1-4H3/t13-,15-,17-/m1/s1. The van der Waals surface area contributed by atoms with Gasteiger partial charge in [-0.2, -0.15) is 0 Å². The highest BCUT2D eigenvalue weighted by Crippen LogP contribution is 2.45. The van der Waals surface area contributed by atoms with Crippen LogP contribution >= 0.6 is 22.6 Å². The Balaban J connectivity index is 1.92. The lowest BCUT2D eigenvalue weighted by molar-refractivity contribution is -0.177. The van der Waals surface area contributed by atoms with Crippen molar-refractivity contribution in [1.82, 2.24) is 0 Å². The fourth-order valence-electron chi connectivity index (χ4n) is 3.00. The predicted molar refractivity (Wildman–Crippen MR) is 93.0 cm³/mol. The summed E-state index contributed by atoms with van der Waals surface area (Å²) in [6.45, 7) is 5.54. The molecule has 6 heteroatoms. The lowest BCUT2D eigenvalue weighted by Crippen LogP contribution is -2.57. The highest BCUT2D eigenvalue weighted by atomic mass is 127. The van der Waals surface area contributed by atoms with Crippen molar-refractivity contribution >= 4 is 28.4 Å². The lowest BCUT2D eigenvalue weighted by atomic mass is 9.84. The summed E-state index contributed by atoms with van der Waals surface area (Å²) in [5, 5.41) is 0. The maximum Gasteiger partial charge on any atom is 0.212 e. The van der Waals surface area contributed by atoms with Crippen LogP contribution in [0.5, 0.6) is 11.5 Å².